The van der Waals surface area contributed by atoms with Crippen LogP contribution in [0.15, 0.2) is 18.2 Å². The van der Waals surface area contributed by atoms with Gasteiger partial charge in [0.05, 0.1) is 18.9 Å². The van der Waals surface area contributed by atoms with Crippen molar-refractivity contribution in [1.82, 2.24) is 0 Å². The molecule has 4 nitrogen and oxygen atoms in total. The topological polar surface area (TPSA) is 58.7 Å². The third kappa shape index (κ3) is 2.82. The summed E-state index contributed by atoms with van der Waals surface area (Å²) in [6, 6.07) is 6.39. The molecule has 1 aliphatic carbocycles. The van der Waals surface area contributed by atoms with Crippen LogP contribution in [0.1, 0.15) is 19.8 Å². The molecule has 0 unspecified atom stereocenters. The highest BCUT2D eigenvalue weighted by Gasteiger charge is 2.29. The maximum absolute atomic E-state index is 9.10. The van der Waals surface area contributed by atoms with Gasteiger partial charge in [0.15, 0.2) is 0 Å². The second kappa shape index (κ2) is 5.27. The molecule has 1 saturated carbocycles. The molecule has 3 N–H and O–H groups in total. The number of aliphatic hydroxyl groups excluding tert-OH is 1. The highest BCUT2D eigenvalue weighted by molar-refractivity contribution is 5.63. The molecule has 1 aliphatic rings. The number of nitrogen functional groups attached to an aromatic ring is 1. The first-order valence-corrected chi connectivity index (χ1v) is 6.16. The molecule has 4 heteroatoms. The zero-order valence-corrected chi connectivity index (χ0v) is 10.2. The van der Waals surface area contributed by atoms with E-state index < -0.39 is 0 Å². The van der Waals surface area contributed by atoms with Crippen molar-refractivity contribution >= 4 is 11.4 Å². The number of anilines is 2. The number of benzene rings is 1. The van der Waals surface area contributed by atoms with Gasteiger partial charge in [0, 0.05) is 24.3 Å². The third-order valence-electron chi connectivity index (χ3n) is 2.96. The minimum atomic E-state index is 0.171. The molecule has 0 amide bonds. The Morgan fingerprint density at radius 1 is 1.47 bits per heavy atom. The van der Waals surface area contributed by atoms with Crippen LogP contribution in [-0.4, -0.2) is 30.9 Å². The van der Waals surface area contributed by atoms with Crippen LogP contribution in [0.25, 0.3) is 0 Å². The van der Waals surface area contributed by atoms with E-state index >= 15 is 0 Å². The van der Waals surface area contributed by atoms with Gasteiger partial charge in [0.2, 0.25) is 0 Å². The summed E-state index contributed by atoms with van der Waals surface area (Å²) in [6.45, 7) is 3.39. The summed E-state index contributed by atoms with van der Waals surface area (Å²) in [5, 5.41) is 9.10. The molecule has 0 aliphatic heterocycles. The Bertz CT molecular complexity index is 378. The fourth-order valence-electron chi connectivity index (χ4n) is 2.00. The van der Waals surface area contributed by atoms with Gasteiger partial charge >= 0.3 is 0 Å². The summed E-state index contributed by atoms with van der Waals surface area (Å²) in [4.78, 5) is 2.22. The van der Waals surface area contributed by atoms with E-state index in [0.717, 1.165) is 11.4 Å². The molecule has 1 aromatic carbocycles. The normalized spacial score (nSPS) is 14.7. The van der Waals surface area contributed by atoms with Crippen LogP contribution in [0.4, 0.5) is 11.4 Å². The van der Waals surface area contributed by atoms with Crippen molar-refractivity contribution in [3.8, 4) is 5.75 Å². The lowest BCUT2D eigenvalue weighted by atomic mass is 10.2. The van der Waals surface area contributed by atoms with Crippen molar-refractivity contribution < 1.29 is 9.84 Å². The molecule has 0 bridgehead atoms. The fraction of sp³-hybridized carbons (Fsp3) is 0.538. The fourth-order valence-corrected chi connectivity index (χ4v) is 2.00. The van der Waals surface area contributed by atoms with E-state index in [4.69, 9.17) is 15.6 Å². The molecule has 0 saturated heterocycles. The first-order valence-electron chi connectivity index (χ1n) is 6.16. The highest BCUT2D eigenvalue weighted by Crippen LogP contribution is 2.34. The minimum Gasteiger partial charge on any atom is -0.492 e. The summed E-state index contributed by atoms with van der Waals surface area (Å²) < 4.78 is 5.49. The van der Waals surface area contributed by atoms with Gasteiger partial charge in [-0.3, -0.25) is 0 Å². The van der Waals surface area contributed by atoms with Gasteiger partial charge in [-0.05, 0) is 31.9 Å². The number of rotatable bonds is 6. The van der Waals surface area contributed by atoms with Crippen molar-refractivity contribution in [3.63, 3.8) is 0 Å². The Morgan fingerprint density at radius 2 is 2.24 bits per heavy atom. The number of hydrogen-bond acceptors (Lipinski definition) is 4. The van der Waals surface area contributed by atoms with Crippen molar-refractivity contribution in [3.05, 3.63) is 18.2 Å². The van der Waals surface area contributed by atoms with E-state index in [1.165, 1.54) is 12.8 Å². The quantitative estimate of drug-likeness (QED) is 0.737. The molecule has 0 heterocycles. The lowest BCUT2D eigenvalue weighted by Crippen LogP contribution is -2.28. The zero-order chi connectivity index (χ0) is 12.3. The number of hydrogen-bond donors (Lipinski definition) is 2. The summed E-state index contributed by atoms with van der Waals surface area (Å²) in [5.41, 5.74) is 7.59. The van der Waals surface area contributed by atoms with Crippen LogP contribution in [0.5, 0.6) is 5.75 Å². The Labute approximate surface area is 102 Å². The van der Waals surface area contributed by atoms with Crippen molar-refractivity contribution in [2.45, 2.75) is 25.8 Å². The maximum Gasteiger partial charge on any atom is 0.144 e. The van der Waals surface area contributed by atoms with Crippen LogP contribution in [-0.2, 0) is 0 Å². The summed E-state index contributed by atoms with van der Waals surface area (Å²) in [7, 11) is 0. The van der Waals surface area contributed by atoms with E-state index in [0.29, 0.717) is 24.9 Å². The average molecular weight is 236 g/mol. The average Bonchev–Trinajstić information content (AvgIpc) is 3.14. The SMILES string of the molecule is CCOc1cc(N(CCO)C2CC2)ccc1N. The van der Waals surface area contributed by atoms with Crippen molar-refractivity contribution in [1.29, 1.82) is 0 Å². The lowest BCUT2D eigenvalue weighted by Gasteiger charge is -2.24. The highest BCUT2D eigenvalue weighted by atomic mass is 16.5. The predicted molar refractivity (Wildman–Crippen MR) is 69.5 cm³/mol. The molecule has 1 fully saturated rings. The zero-order valence-electron chi connectivity index (χ0n) is 10.2. The molecule has 1 aromatic rings. The number of nitrogens with two attached hydrogens (primary N) is 1. The first kappa shape index (κ1) is 12.0. The van der Waals surface area contributed by atoms with E-state index in [2.05, 4.69) is 4.90 Å². The predicted octanol–water partition coefficient (Wildman–Crippen LogP) is 1.63. The summed E-state index contributed by atoms with van der Waals surface area (Å²) in [5.74, 6) is 0.730. The van der Waals surface area contributed by atoms with Crippen LogP contribution in [0, 0.1) is 0 Å². The van der Waals surface area contributed by atoms with Crippen LogP contribution >= 0.6 is 0 Å². The molecular weight excluding hydrogens is 216 g/mol. The molecule has 94 valence electrons. The van der Waals surface area contributed by atoms with E-state index in [-0.39, 0.29) is 6.61 Å². The van der Waals surface area contributed by atoms with Gasteiger partial charge in [-0.25, -0.2) is 0 Å². The maximum atomic E-state index is 9.10. The van der Waals surface area contributed by atoms with Gasteiger partial charge in [0.1, 0.15) is 5.75 Å². The lowest BCUT2D eigenvalue weighted by molar-refractivity contribution is 0.301. The number of aliphatic hydroxyl groups is 1. The monoisotopic (exact) mass is 236 g/mol. The number of nitrogens with zero attached hydrogens (tertiary/aromatic N) is 1. The Balaban J connectivity index is 2.20. The molecule has 0 radical (unpaired) electrons. The molecule has 0 atom stereocenters. The first-order chi connectivity index (χ1) is 8.26. The molecule has 0 spiro atoms. The van der Waals surface area contributed by atoms with Crippen molar-refractivity contribution in [2.24, 2.45) is 0 Å². The molecular formula is C13H20N2O2. The van der Waals surface area contributed by atoms with Gasteiger partial charge in [-0.1, -0.05) is 0 Å². The largest absolute Gasteiger partial charge is 0.492 e. The molecule has 0 aromatic heterocycles. The second-order valence-electron chi connectivity index (χ2n) is 4.30. The van der Waals surface area contributed by atoms with Crippen LogP contribution in [0.3, 0.4) is 0 Å². The van der Waals surface area contributed by atoms with E-state index in [1.807, 2.05) is 25.1 Å². The summed E-state index contributed by atoms with van der Waals surface area (Å²) >= 11 is 0. The second-order valence-corrected chi connectivity index (χ2v) is 4.30. The third-order valence-corrected chi connectivity index (χ3v) is 2.96. The number of ether oxygens (including phenoxy) is 1. The van der Waals surface area contributed by atoms with E-state index in [9.17, 15) is 0 Å². The van der Waals surface area contributed by atoms with E-state index in [1.54, 1.807) is 0 Å². The van der Waals surface area contributed by atoms with Gasteiger partial charge in [-0.15, -0.1) is 0 Å². The van der Waals surface area contributed by atoms with Crippen LogP contribution < -0.4 is 15.4 Å². The van der Waals surface area contributed by atoms with Gasteiger partial charge in [0.25, 0.3) is 0 Å². The Hall–Kier alpha value is -1.42. The molecule has 17 heavy (non-hydrogen) atoms. The van der Waals surface area contributed by atoms with Crippen molar-refractivity contribution in [2.75, 3.05) is 30.4 Å². The van der Waals surface area contributed by atoms with Crippen LogP contribution in [0.2, 0.25) is 0 Å². The van der Waals surface area contributed by atoms with Gasteiger partial charge < -0.3 is 20.5 Å². The Morgan fingerprint density at radius 3 is 2.82 bits per heavy atom. The Kier molecular flexibility index (Phi) is 3.74. The standard InChI is InChI=1S/C13H20N2O2/c1-2-17-13-9-11(5-6-12(13)14)15(7-8-16)10-3-4-10/h5-6,9-10,16H,2-4,7-8,14H2,1H3. The van der Waals surface area contributed by atoms with Gasteiger partial charge in [-0.2, -0.15) is 0 Å². The molecule has 2 rings (SSSR count). The summed E-state index contributed by atoms with van der Waals surface area (Å²) in [6.07, 6.45) is 2.41. The minimum absolute atomic E-state index is 0.171. The smallest absolute Gasteiger partial charge is 0.144 e.